The van der Waals surface area contributed by atoms with Crippen LogP contribution in [0.25, 0.3) is 6.08 Å². The van der Waals surface area contributed by atoms with Crippen LogP contribution >= 0.6 is 11.8 Å². The van der Waals surface area contributed by atoms with Gasteiger partial charge in [-0.1, -0.05) is 38.1 Å². The smallest absolute Gasteiger partial charge is 0.283 e. The van der Waals surface area contributed by atoms with Crippen LogP contribution in [0.15, 0.2) is 64.2 Å². The second kappa shape index (κ2) is 10.7. The van der Waals surface area contributed by atoms with Gasteiger partial charge in [0.05, 0.1) is 5.57 Å². The highest BCUT2D eigenvalue weighted by Gasteiger charge is 2.37. The summed E-state index contributed by atoms with van der Waals surface area (Å²) >= 11 is 1.39. The first-order valence-electron chi connectivity index (χ1n) is 11.4. The van der Waals surface area contributed by atoms with Crippen molar-refractivity contribution >= 4 is 39.8 Å². The Labute approximate surface area is 204 Å². The molecule has 0 aliphatic carbocycles. The standard InChI is InChI=1S/C26H28N4O3S/c1-4-19(5-2)25-29-30-23(27)22(24(31)28-26(30)34-25)16-18-9-11-20(12-10-18)32-13-14-33-21-8-6-7-17(3)15-21/h6-12,15-16,19,27H,4-5,13-14H2,1-3H3/b22-16+,27-23?. The molecule has 0 radical (unpaired) electrons. The molecule has 0 unspecified atom stereocenters. The number of ether oxygens (including phenoxy) is 2. The number of thioether (sulfide) groups is 1. The Morgan fingerprint density at radius 1 is 1.06 bits per heavy atom. The van der Waals surface area contributed by atoms with E-state index in [0.29, 0.717) is 30.0 Å². The van der Waals surface area contributed by atoms with Crippen molar-refractivity contribution in [2.24, 2.45) is 16.0 Å². The number of hydrogen-bond acceptors (Lipinski definition) is 6. The number of hydrogen-bond donors (Lipinski definition) is 1. The van der Waals surface area contributed by atoms with Crippen LogP contribution in [0.4, 0.5) is 0 Å². The fraction of sp³-hybridized carbons (Fsp3) is 0.308. The molecule has 8 heteroatoms. The summed E-state index contributed by atoms with van der Waals surface area (Å²) in [6, 6.07) is 15.3. The first-order valence-corrected chi connectivity index (χ1v) is 12.2. The molecule has 2 aromatic carbocycles. The van der Waals surface area contributed by atoms with Gasteiger partial charge in [-0.15, -0.1) is 0 Å². The van der Waals surface area contributed by atoms with Gasteiger partial charge >= 0.3 is 0 Å². The van der Waals surface area contributed by atoms with Crippen molar-refractivity contribution in [2.45, 2.75) is 33.6 Å². The van der Waals surface area contributed by atoms with Crippen molar-refractivity contribution in [1.82, 2.24) is 5.01 Å². The number of aliphatic imine (C=N–C) groups is 1. The molecule has 0 spiro atoms. The highest BCUT2D eigenvalue weighted by atomic mass is 32.2. The molecule has 7 nitrogen and oxygen atoms in total. The number of rotatable bonds is 9. The average Bonchev–Trinajstić information content (AvgIpc) is 3.25. The molecule has 0 saturated carbocycles. The number of aryl methyl sites for hydroxylation is 1. The van der Waals surface area contributed by atoms with Gasteiger partial charge in [0.15, 0.2) is 5.84 Å². The van der Waals surface area contributed by atoms with Gasteiger partial charge in [0.1, 0.15) is 29.8 Å². The van der Waals surface area contributed by atoms with E-state index >= 15 is 0 Å². The Morgan fingerprint density at radius 2 is 1.76 bits per heavy atom. The summed E-state index contributed by atoms with van der Waals surface area (Å²) in [6.45, 7) is 7.11. The highest BCUT2D eigenvalue weighted by Crippen LogP contribution is 2.33. The predicted octanol–water partition coefficient (Wildman–Crippen LogP) is 5.51. The summed E-state index contributed by atoms with van der Waals surface area (Å²) in [5.74, 6) is 1.47. The summed E-state index contributed by atoms with van der Waals surface area (Å²) in [6.07, 6.45) is 3.59. The van der Waals surface area contributed by atoms with Gasteiger partial charge < -0.3 is 9.47 Å². The van der Waals surface area contributed by atoms with Crippen molar-refractivity contribution < 1.29 is 14.3 Å². The first-order chi connectivity index (χ1) is 16.5. The third-order valence-corrected chi connectivity index (χ3v) is 6.68. The average molecular weight is 477 g/mol. The number of carbonyl (C=O) groups is 1. The normalized spacial score (nSPS) is 16.6. The summed E-state index contributed by atoms with van der Waals surface area (Å²) < 4.78 is 11.5. The SMILES string of the molecule is CCC(CC)C1=NN2C(=N)/C(=C\c3ccc(OCCOc4cccc(C)c4)cc3)C(=O)N=C2S1. The van der Waals surface area contributed by atoms with Crippen LogP contribution in [0, 0.1) is 18.3 Å². The number of amides is 1. The number of benzene rings is 2. The molecule has 1 N–H and O–H groups in total. The zero-order valence-electron chi connectivity index (χ0n) is 19.6. The molecule has 1 amide bonds. The van der Waals surface area contributed by atoms with Crippen LogP contribution in [0.5, 0.6) is 11.5 Å². The Hall–Kier alpha value is -3.39. The summed E-state index contributed by atoms with van der Waals surface area (Å²) in [7, 11) is 0. The second-order valence-electron chi connectivity index (χ2n) is 8.05. The third-order valence-electron chi connectivity index (χ3n) is 5.61. The van der Waals surface area contributed by atoms with Gasteiger partial charge in [-0.25, -0.2) is 0 Å². The van der Waals surface area contributed by atoms with Crippen molar-refractivity contribution in [2.75, 3.05) is 13.2 Å². The van der Waals surface area contributed by atoms with Crippen LogP contribution in [0.1, 0.15) is 37.8 Å². The molecule has 2 aromatic rings. The van der Waals surface area contributed by atoms with E-state index in [-0.39, 0.29) is 11.4 Å². The van der Waals surface area contributed by atoms with Gasteiger partial charge in [-0.05, 0) is 73.0 Å². The number of nitrogens with one attached hydrogen (secondary N) is 1. The lowest BCUT2D eigenvalue weighted by Gasteiger charge is -2.20. The van der Waals surface area contributed by atoms with E-state index in [1.165, 1.54) is 16.8 Å². The largest absolute Gasteiger partial charge is 0.490 e. The van der Waals surface area contributed by atoms with E-state index in [1.807, 2.05) is 55.5 Å². The van der Waals surface area contributed by atoms with Gasteiger partial charge in [-0.2, -0.15) is 15.1 Å². The van der Waals surface area contributed by atoms with Crippen LogP contribution < -0.4 is 9.47 Å². The van der Waals surface area contributed by atoms with E-state index < -0.39 is 5.91 Å². The number of amidine groups is 2. The maximum atomic E-state index is 12.6. The molecule has 34 heavy (non-hydrogen) atoms. The number of fused-ring (bicyclic) bond motifs is 1. The van der Waals surface area contributed by atoms with Crippen LogP contribution in [-0.4, -0.2) is 40.2 Å². The van der Waals surface area contributed by atoms with E-state index in [4.69, 9.17) is 14.9 Å². The molecule has 176 valence electrons. The van der Waals surface area contributed by atoms with Gasteiger partial charge in [0.25, 0.3) is 5.91 Å². The fourth-order valence-corrected chi connectivity index (χ4v) is 4.82. The monoisotopic (exact) mass is 476 g/mol. The molecular weight excluding hydrogens is 448 g/mol. The molecular formula is C26H28N4O3S. The topological polar surface area (TPSA) is 87.3 Å². The molecule has 0 aromatic heterocycles. The Bertz CT molecular complexity index is 1170. The number of hydrazone groups is 1. The predicted molar refractivity (Wildman–Crippen MR) is 138 cm³/mol. The second-order valence-corrected chi connectivity index (χ2v) is 9.04. The first kappa shape index (κ1) is 23.8. The minimum atomic E-state index is -0.418. The molecule has 4 rings (SSSR count). The van der Waals surface area contributed by atoms with Gasteiger partial charge in [-0.3, -0.25) is 10.2 Å². The molecule has 2 aliphatic heterocycles. The lowest BCUT2D eigenvalue weighted by molar-refractivity contribution is -0.114. The molecule has 0 atom stereocenters. The molecule has 0 fully saturated rings. The van der Waals surface area contributed by atoms with Crippen molar-refractivity contribution in [1.29, 1.82) is 5.41 Å². The maximum Gasteiger partial charge on any atom is 0.283 e. The van der Waals surface area contributed by atoms with E-state index in [2.05, 4.69) is 23.9 Å². The lowest BCUT2D eigenvalue weighted by Crippen LogP contribution is -2.35. The zero-order valence-corrected chi connectivity index (χ0v) is 20.4. The summed E-state index contributed by atoms with van der Waals surface area (Å²) in [5, 5.41) is 16.0. The minimum Gasteiger partial charge on any atom is -0.490 e. The number of nitrogens with zero attached hydrogens (tertiary/aromatic N) is 3. The van der Waals surface area contributed by atoms with Crippen LogP contribution in [-0.2, 0) is 4.79 Å². The Morgan fingerprint density at radius 3 is 2.44 bits per heavy atom. The third kappa shape index (κ3) is 5.39. The van der Waals surface area contributed by atoms with Crippen LogP contribution in [0.3, 0.4) is 0 Å². The molecule has 0 bridgehead atoms. The maximum absolute atomic E-state index is 12.6. The summed E-state index contributed by atoms with van der Waals surface area (Å²) in [5.41, 5.74) is 2.15. The van der Waals surface area contributed by atoms with Gasteiger partial charge in [0.2, 0.25) is 5.17 Å². The quantitative estimate of drug-likeness (QED) is 0.381. The highest BCUT2D eigenvalue weighted by molar-refractivity contribution is 8.27. The Balaban J connectivity index is 1.37. The van der Waals surface area contributed by atoms with Gasteiger partial charge in [0, 0.05) is 5.92 Å². The lowest BCUT2D eigenvalue weighted by atomic mass is 10.1. The van der Waals surface area contributed by atoms with Crippen LogP contribution in [0.2, 0.25) is 0 Å². The van der Waals surface area contributed by atoms with Crippen molar-refractivity contribution in [3.8, 4) is 11.5 Å². The van der Waals surface area contributed by atoms with Crippen molar-refractivity contribution in [3.05, 3.63) is 65.2 Å². The van der Waals surface area contributed by atoms with E-state index in [0.717, 1.165) is 34.8 Å². The van der Waals surface area contributed by atoms with E-state index in [1.54, 1.807) is 6.08 Å². The molecule has 2 heterocycles. The van der Waals surface area contributed by atoms with Crippen molar-refractivity contribution in [3.63, 3.8) is 0 Å². The van der Waals surface area contributed by atoms with E-state index in [9.17, 15) is 4.79 Å². The summed E-state index contributed by atoms with van der Waals surface area (Å²) in [4.78, 5) is 16.8. The number of carbonyl (C=O) groups excluding carboxylic acids is 1. The molecule has 0 saturated heterocycles. The molecule has 2 aliphatic rings. The fourth-order valence-electron chi connectivity index (χ4n) is 3.66. The Kier molecular flexibility index (Phi) is 7.47. The zero-order chi connectivity index (χ0) is 24.1. The minimum absolute atomic E-state index is 0.0529.